The van der Waals surface area contributed by atoms with Crippen molar-refractivity contribution >= 4 is 41.1 Å². The van der Waals surface area contributed by atoms with E-state index in [1.807, 2.05) is 66.9 Å². The van der Waals surface area contributed by atoms with Crippen molar-refractivity contribution in [2.45, 2.75) is 25.9 Å². The van der Waals surface area contributed by atoms with Crippen LogP contribution in [0, 0.1) is 11.3 Å². The number of ether oxygens (including phenoxy) is 1. The maximum atomic E-state index is 9.90. The van der Waals surface area contributed by atoms with E-state index in [0.717, 1.165) is 28.1 Å². The first kappa shape index (κ1) is 25.8. The number of hydrogen-bond acceptors (Lipinski definition) is 6. The maximum absolute atomic E-state index is 9.90. The fourth-order valence-electron chi connectivity index (χ4n) is 3.90. The van der Waals surface area contributed by atoms with E-state index in [-0.39, 0.29) is 0 Å². The third-order valence-electron chi connectivity index (χ3n) is 5.91. The molecule has 0 spiro atoms. The lowest BCUT2D eigenvalue weighted by atomic mass is 9.77. The highest BCUT2D eigenvalue weighted by Gasteiger charge is 2.26. The van der Waals surface area contributed by atoms with Gasteiger partial charge in [-0.15, -0.1) is 0 Å². The minimum absolute atomic E-state index is 0.334. The van der Waals surface area contributed by atoms with E-state index < -0.39 is 5.41 Å². The summed E-state index contributed by atoms with van der Waals surface area (Å²) in [7, 11) is 0. The molecular formula is C28H24Cl2N4OS. The summed E-state index contributed by atoms with van der Waals surface area (Å²) in [4.78, 5) is 8.58. The number of rotatable bonds is 8. The molecule has 0 atom stereocenters. The van der Waals surface area contributed by atoms with Crippen molar-refractivity contribution in [1.82, 2.24) is 9.97 Å². The number of aromatic nitrogens is 2. The van der Waals surface area contributed by atoms with Crippen molar-refractivity contribution in [3.8, 4) is 22.9 Å². The Labute approximate surface area is 225 Å². The second-order valence-electron chi connectivity index (χ2n) is 8.62. The topological polar surface area (TPSA) is 70.8 Å². The first-order valence-corrected chi connectivity index (χ1v) is 13.1. The van der Waals surface area contributed by atoms with Crippen LogP contribution in [-0.4, -0.2) is 16.2 Å². The van der Waals surface area contributed by atoms with Crippen molar-refractivity contribution in [2.24, 2.45) is 0 Å². The van der Waals surface area contributed by atoms with Gasteiger partial charge in [0, 0.05) is 28.5 Å². The van der Waals surface area contributed by atoms with Gasteiger partial charge >= 0.3 is 0 Å². The summed E-state index contributed by atoms with van der Waals surface area (Å²) >= 11 is 14.3. The summed E-state index contributed by atoms with van der Waals surface area (Å²) in [5.41, 5.74) is 4.40. The summed E-state index contributed by atoms with van der Waals surface area (Å²) in [6.07, 6.45) is 3.62. The van der Waals surface area contributed by atoms with E-state index in [2.05, 4.69) is 34.6 Å². The first-order chi connectivity index (χ1) is 17.3. The smallest absolute Gasteiger partial charge is 0.233 e. The van der Waals surface area contributed by atoms with Crippen LogP contribution in [0.3, 0.4) is 0 Å². The van der Waals surface area contributed by atoms with Gasteiger partial charge in [-0.3, -0.25) is 4.72 Å². The Kier molecular flexibility index (Phi) is 8.05. The number of nitrogens with one attached hydrogen (secondary N) is 1. The van der Waals surface area contributed by atoms with Gasteiger partial charge in [0.05, 0.1) is 22.3 Å². The van der Waals surface area contributed by atoms with E-state index >= 15 is 0 Å². The highest BCUT2D eigenvalue weighted by Crippen LogP contribution is 2.39. The number of anilines is 1. The Morgan fingerprint density at radius 3 is 2.50 bits per heavy atom. The third-order valence-corrected chi connectivity index (χ3v) is 6.83. The van der Waals surface area contributed by atoms with Crippen molar-refractivity contribution in [3.05, 3.63) is 105 Å². The molecule has 0 saturated carbocycles. The Morgan fingerprint density at radius 1 is 1.03 bits per heavy atom. The second kappa shape index (κ2) is 11.2. The minimum Gasteiger partial charge on any atom is -0.487 e. The predicted molar refractivity (Wildman–Crippen MR) is 149 cm³/mol. The zero-order chi connectivity index (χ0) is 25.7. The molecule has 0 aliphatic heterocycles. The minimum atomic E-state index is -0.397. The van der Waals surface area contributed by atoms with Crippen LogP contribution in [0.2, 0.25) is 10.0 Å². The summed E-state index contributed by atoms with van der Waals surface area (Å²) in [5, 5.41) is 11.0. The highest BCUT2D eigenvalue weighted by atomic mass is 35.5. The van der Waals surface area contributed by atoms with Crippen LogP contribution in [0.15, 0.2) is 72.9 Å². The molecule has 0 fully saturated rings. The molecular weight excluding hydrogens is 511 g/mol. The van der Waals surface area contributed by atoms with Crippen molar-refractivity contribution < 1.29 is 4.74 Å². The number of hydrogen-bond donors (Lipinski definition) is 1. The molecule has 0 aliphatic carbocycles. The number of nitriles is 1. The van der Waals surface area contributed by atoms with Crippen molar-refractivity contribution in [2.75, 3.05) is 11.0 Å². The van der Waals surface area contributed by atoms with Gasteiger partial charge in [0.2, 0.25) is 5.95 Å². The molecule has 1 aromatic heterocycles. The normalized spacial score (nSPS) is 11.1. The molecule has 4 aromatic rings. The molecule has 0 saturated heterocycles. The lowest BCUT2D eigenvalue weighted by Crippen LogP contribution is -2.19. The van der Waals surface area contributed by atoms with Gasteiger partial charge in [0.1, 0.15) is 12.4 Å². The second-order valence-corrected chi connectivity index (χ2v) is 10.1. The van der Waals surface area contributed by atoms with Crippen LogP contribution in [0.1, 0.15) is 36.2 Å². The van der Waals surface area contributed by atoms with Gasteiger partial charge in [-0.25, -0.2) is 9.97 Å². The monoisotopic (exact) mass is 534 g/mol. The van der Waals surface area contributed by atoms with Crippen molar-refractivity contribution in [3.63, 3.8) is 0 Å². The van der Waals surface area contributed by atoms with E-state index in [1.54, 1.807) is 12.3 Å². The van der Waals surface area contributed by atoms with Crippen LogP contribution in [0.25, 0.3) is 11.1 Å². The lowest BCUT2D eigenvalue weighted by molar-refractivity contribution is 0.301. The van der Waals surface area contributed by atoms with E-state index in [9.17, 15) is 5.26 Å². The molecule has 8 heteroatoms. The highest BCUT2D eigenvalue weighted by molar-refractivity contribution is 7.99. The van der Waals surface area contributed by atoms with Crippen LogP contribution < -0.4 is 9.46 Å². The zero-order valence-corrected chi connectivity index (χ0v) is 22.4. The Balaban J connectivity index is 1.56. The molecule has 1 heterocycles. The van der Waals surface area contributed by atoms with Crippen LogP contribution >= 0.6 is 35.1 Å². The summed E-state index contributed by atoms with van der Waals surface area (Å²) in [6, 6.07) is 23.3. The van der Waals surface area contributed by atoms with Crippen LogP contribution in [0.5, 0.6) is 5.75 Å². The number of benzene rings is 3. The Hall–Kier alpha value is -3.24. The van der Waals surface area contributed by atoms with Gasteiger partial charge < -0.3 is 4.74 Å². The van der Waals surface area contributed by atoms with E-state index in [0.29, 0.717) is 33.7 Å². The van der Waals surface area contributed by atoms with E-state index in [4.69, 9.17) is 27.9 Å². The largest absolute Gasteiger partial charge is 0.487 e. The Morgan fingerprint density at radius 2 is 1.81 bits per heavy atom. The standard InChI is InChI=1S/C28H24Cl2N4OS/c1-28(2,21-13-19(16-31)26(25(30)15-21)18-5-4-6-22(29)14-18)20-7-9-24(10-8-20)35-17-23-11-12-32-27(33-23)34-36-3/h4-15H,17H2,1-3H3,(H,32,33,34). The number of halogens is 2. The van der Waals surface area contributed by atoms with Crippen molar-refractivity contribution in [1.29, 1.82) is 5.26 Å². The van der Waals surface area contributed by atoms with Crippen LogP contribution in [0.4, 0.5) is 5.95 Å². The SMILES string of the molecule is CSNc1nccc(COc2ccc(C(C)(C)c3cc(Cl)c(-c4cccc(Cl)c4)c(C#N)c3)cc2)n1. The van der Waals surface area contributed by atoms with E-state index in [1.165, 1.54) is 11.9 Å². The Bertz CT molecular complexity index is 1420. The van der Waals surface area contributed by atoms with Gasteiger partial charge in [0.25, 0.3) is 0 Å². The molecule has 0 bridgehead atoms. The quantitative estimate of drug-likeness (QED) is 0.231. The van der Waals surface area contributed by atoms with Crippen LogP contribution in [-0.2, 0) is 12.0 Å². The molecule has 0 unspecified atom stereocenters. The molecule has 182 valence electrons. The molecule has 0 aliphatic rings. The molecule has 0 radical (unpaired) electrons. The third kappa shape index (κ3) is 5.76. The first-order valence-electron chi connectivity index (χ1n) is 11.2. The summed E-state index contributed by atoms with van der Waals surface area (Å²) < 4.78 is 8.95. The average Bonchev–Trinajstić information content (AvgIpc) is 2.87. The van der Waals surface area contributed by atoms with Gasteiger partial charge in [-0.05, 0) is 59.2 Å². The molecule has 36 heavy (non-hydrogen) atoms. The summed E-state index contributed by atoms with van der Waals surface area (Å²) in [5.74, 6) is 1.29. The lowest BCUT2D eigenvalue weighted by Gasteiger charge is -2.27. The average molecular weight is 536 g/mol. The zero-order valence-electron chi connectivity index (χ0n) is 20.0. The molecule has 5 nitrogen and oxygen atoms in total. The fraction of sp³-hybridized carbons (Fsp3) is 0.179. The maximum Gasteiger partial charge on any atom is 0.233 e. The fourth-order valence-corrected chi connectivity index (χ4v) is 4.70. The predicted octanol–water partition coefficient (Wildman–Crippen LogP) is 7.92. The summed E-state index contributed by atoms with van der Waals surface area (Å²) in [6.45, 7) is 4.55. The molecule has 3 aromatic carbocycles. The molecule has 0 amide bonds. The molecule has 1 N–H and O–H groups in total. The molecule has 4 rings (SSSR count). The van der Waals surface area contributed by atoms with Gasteiger partial charge in [0.15, 0.2) is 0 Å². The van der Waals surface area contributed by atoms with Gasteiger partial charge in [-0.1, -0.05) is 73.3 Å². The van der Waals surface area contributed by atoms with Gasteiger partial charge in [-0.2, -0.15) is 5.26 Å². The number of nitrogens with zero attached hydrogens (tertiary/aromatic N) is 3.